The van der Waals surface area contributed by atoms with E-state index in [4.69, 9.17) is 4.42 Å². The van der Waals surface area contributed by atoms with Crippen LogP contribution in [0.2, 0.25) is 0 Å². The number of hydrogen-bond acceptors (Lipinski definition) is 5. The second-order valence-corrected chi connectivity index (χ2v) is 9.32. The molecule has 5 heteroatoms. The van der Waals surface area contributed by atoms with Gasteiger partial charge in [0, 0.05) is 47.4 Å². The summed E-state index contributed by atoms with van der Waals surface area (Å²) in [5.74, 6) is 0.822. The highest BCUT2D eigenvalue weighted by Crippen LogP contribution is 2.41. The van der Waals surface area contributed by atoms with Crippen molar-refractivity contribution in [2.75, 3.05) is 38.6 Å². The van der Waals surface area contributed by atoms with Crippen LogP contribution in [0.15, 0.2) is 69.5 Å². The summed E-state index contributed by atoms with van der Waals surface area (Å²) in [6, 6.07) is 21.7. The molecule has 2 aromatic rings. The van der Waals surface area contributed by atoms with Crippen LogP contribution in [-0.2, 0) is 6.42 Å². The number of benzene rings is 3. The van der Waals surface area contributed by atoms with Gasteiger partial charge in [-0.15, -0.1) is 0 Å². The number of aryl methyl sites for hydroxylation is 1. The van der Waals surface area contributed by atoms with Gasteiger partial charge in [0.05, 0.1) is 5.36 Å². The molecule has 0 N–H and O–H groups in total. The molecule has 0 saturated heterocycles. The Labute approximate surface area is 208 Å². The first-order valence-corrected chi connectivity index (χ1v) is 12.6. The number of nitrogens with zero attached hydrogens (tertiary/aromatic N) is 3. The van der Waals surface area contributed by atoms with E-state index in [-0.39, 0.29) is 0 Å². The molecule has 0 atom stereocenters. The molecule has 0 bridgehead atoms. The van der Waals surface area contributed by atoms with Crippen LogP contribution in [0.3, 0.4) is 0 Å². The van der Waals surface area contributed by atoms with Crippen molar-refractivity contribution in [3.63, 3.8) is 0 Å². The van der Waals surface area contributed by atoms with Crippen LogP contribution < -0.4 is 10.3 Å². The maximum Gasteiger partial charge on any atom is 0.137 e. The Balaban J connectivity index is 1.85. The van der Waals surface area contributed by atoms with Crippen LogP contribution >= 0.6 is 12.8 Å². The van der Waals surface area contributed by atoms with Gasteiger partial charge >= 0.3 is 0 Å². The topological polar surface area (TPSA) is 32.0 Å². The fourth-order valence-electron chi connectivity index (χ4n) is 4.61. The summed E-state index contributed by atoms with van der Waals surface area (Å²) >= 11 is 4.11. The van der Waals surface area contributed by atoms with E-state index in [1.165, 1.54) is 22.4 Å². The van der Waals surface area contributed by atoms with Crippen molar-refractivity contribution in [1.29, 1.82) is 0 Å². The first-order chi connectivity index (χ1) is 16.5. The molecule has 0 aromatic heterocycles. The van der Waals surface area contributed by atoms with Gasteiger partial charge in [-0.25, -0.2) is 4.40 Å². The molecule has 1 aliphatic carbocycles. The summed E-state index contributed by atoms with van der Waals surface area (Å²) < 4.78 is 10.5. The summed E-state index contributed by atoms with van der Waals surface area (Å²) in [5, 5.41) is 1.91. The first kappa shape index (κ1) is 24.4. The molecule has 4 nitrogen and oxygen atoms in total. The van der Waals surface area contributed by atoms with Gasteiger partial charge < -0.3 is 14.2 Å². The largest absolute Gasteiger partial charge is 0.456 e. The smallest absolute Gasteiger partial charge is 0.137 e. The lowest BCUT2D eigenvalue weighted by Gasteiger charge is -2.25. The van der Waals surface area contributed by atoms with Crippen molar-refractivity contribution in [2.24, 2.45) is 4.40 Å². The Kier molecular flexibility index (Phi) is 7.96. The molecule has 178 valence electrons. The van der Waals surface area contributed by atoms with E-state index in [1.54, 1.807) is 0 Å². The third kappa shape index (κ3) is 5.31. The lowest BCUT2D eigenvalue weighted by molar-refractivity contribution is 0.400. The summed E-state index contributed by atoms with van der Waals surface area (Å²) in [6.45, 7) is 7.48. The normalized spacial score (nSPS) is 12.2. The lowest BCUT2D eigenvalue weighted by Crippen LogP contribution is -2.26. The summed E-state index contributed by atoms with van der Waals surface area (Å²) in [5.41, 5.74) is 6.94. The molecule has 0 spiro atoms. The Morgan fingerprint density at radius 2 is 1.71 bits per heavy atom. The van der Waals surface area contributed by atoms with E-state index in [1.807, 2.05) is 12.1 Å². The number of hydrogen-bond donors (Lipinski definition) is 1. The zero-order chi connectivity index (χ0) is 24.1. The van der Waals surface area contributed by atoms with E-state index in [0.29, 0.717) is 0 Å². The minimum atomic E-state index is 0.790. The van der Waals surface area contributed by atoms with Crippen LogP contribution in [0, 0.1) is 0 Å². The molecule has 0 saturated carbocycles. The van der Waals surface area contributed by atoms with E-state index in [9.17, 15) is 0 Å². The fraction of sp³-hybridized carbons (Fsp3) is 0.345. The number of rotatable bonds is 9. The minimum Gasteiger partial charge on any atom is -0.456 e. The predicted octanol–water partition coefficient (Wildman–Crippen LogP) is 6.68. The molecule has 0 radical (unpaired) electrons. The third-order valence-corrected chi connectivity index (χ3v) is 6.60. The second-order valence-electron chi connectivity index (χ2n) is 9.12. The molecule has 1 aliphatic heterocycles. The van der Waals surface area contributed by atoms with Gasteiger partial charge in [0.1, 0.15) is 11.3 Å². The van der Waals surface area contributed by atoms with Gasteiger partial charge in [-0.2, -0.15) is 0 Å². The Bertz CT molecular complexity index is 1280. The Hall–Kier alpha value is -2.76. The molecule has 1 heterocycles. The SMILES string of the molecule is CCCc1ccc(-c2c3cc/c(=N\S)cc-3oc3cc(N(CC)CCCN(C)C)ccc23)cc1. The van der Waals surface area contributed by atoms with Gasteiger partial charge in [-0.05, 0) is 88.6 Å². The molecule has 0 unspecified atom stereocenters. The Morgan fingerprint density at radius 3 is 2.38 bits per heavy atom. The van der Waals surface area contributed by atoms with Crippen molar-refractivity contribution in [3.8, 4) is 22.5 Å². The quantitative estimate of drug-likeness (QED) is 0.217. The first-order valence-electron chi connectivity index (χ1n) is 12.2. The molecule has 2 aromatic carbocycles. The lowest BCUT2D eigenvalue weighted by atomic mass is 9.92. The predicted molar refractivity (Wildman–Crippen MR) is 148 cm³/mol. The van der Waals surface area contributed by atoms with Crippen molar-refractivity contribution >= 4 is 29.5 Å². The zero-order valence-corrected chi connectivity index (χ0v) is 21.6. The monoisotopic (exact) mass is 473 g/mol. The van der Waals surface area contributed by atoms with Crippen molar-refractivity contribution in [3.05, 3.63) is 71.6 Å². The molecule has 34 heavy (non-hydrogen) atoms. The van der Waals surface area contributed by atoms with Gasteiger partial charge in [-0.1, -0.05) is 37.6 Å². The summed E-state index contributed by atoms with van der Waals surface area (Å²) in [4.78, 5) is 4.65. The third-order valence-electron chi connectivity index (χ3n) is 6.37. The minimum absolute atomic E-state index is 0.790. The van der Waals surface area contributed by atoms with Crippen molar-refractivity contribution < 1.29 is 4.42 Å². The van der Waals surface area contributed by atoms with Crippen molar-refractivity contribution in [1.82, 2.24) is 4.90 Å². The van der Waals surface area contributed by atoms with Crippen LogP contribution in [0.5, 0.6) is 0 Å². The van der Waals surface area contributed by atoms with Crippen LogP contribution in [-0.4, -0.2) is 38.6 Å². The van der Waals surface area contributed by atoms with Gasteiger partial charge in [0.2, 0.25) is 0 Å². The van der Waals surface area contributed by atoms with E-state index in [2.05, 4.69) is 103 Å². The maximum absolute atomic E-state index is 6.46. The van der Waals surface area contributed by atoms with Gasteiger partial charge in [0.15, 0.2) is 0 Å². The highest BCUT2D eigenvalue weighted by atomic mass is 32.1. The average molecular weight is 474 g/mol. The van der Waals surface area contributed by atoms with Crippen LogP contribution in [0.4, 0.5) is 5.69 Å². The fourth-order valence-corrected chi connectivity index (χ4v) is 4.74. The van der Waals surface area contributed by atoms with E-state index >= 15 is 0 Å². The number of fused-ring (bicyclic) bond motifs is 2. The number of anilines is 1. The summed E-state index contributed by atoms with van der Waals surface area (Å²) in [7, 11) is 4.25. The second kappa shape index (κ2) is 11.1. The molecule has 0 fully saturated rings. The molecular weight excluding hydrogens is 438 g/mol. The maximum atomic E-state index is 6.46. The Morgan fingerprint density at radius 1 is 0.912 bits per heavy atom. The highest BCUT2D eigenvalue weighted by molar-refractivity contribution is 7.78. The summed E-state index contributed by atoms with van der Waals surface area (Å²) in [6.07, 6.45) is 3.37. The van der Waals surface area contributed by atoms with Gasteiger partial charge in [-0.3, -0.25) is 0 Å². The molecule has 0 amide bonds. The number of thiol groups is 1. The molecule has 2 aliphatic rings. The van der Waals surface area contributed by atoms with Gasteiger partial charge in [0.25, 0.3) is 0 Å². The standard InChI is InChI=1S/C29H35N3OS/c1-5-8-21-9-11-22(12-10-21)29-25-15-13-23(30-34)19-27(25)33-28-20-24(14-16-26(28)29)32(6-2)18-7-17-31(3)4/h9-16,19-20,34H,5-8,17-18H2,1-4H3/b30-23+. The highest BCUT2D eigenvalue weighted by Gasteiger charge is 2.18. The van der Waals surface area contributed by atoms with Crippen LogP contribution in [0.1, 0.15) is 32.3 Å². The van der Waals surface area contributed by atoms with Crippen molar-refractivity contribution in [2.45, 2.75) is 33.1 Å². The zero-order valence-electron chi connectivity index (χ0n) is 20.7. The molecule has 4 rings (SSSR count). The molecular formula is C29H35N3OS. The van der Waals surface area contributed by atoms with E-state index < -0.39 is 0 Å². The van der Waals surface area contributed by atoms with Crippen LogP contribution in [0.25, 0.3) is 33.4 Å². The average Bonchev–Trinajstić information content (AvgIpc) is 2.85. The van der Waals surface area contributed by atoms with E-state index in [0.717, 1.165) is 66.5 Å².